The standard InChI is InChI=1S/C15H18N2O3/c1-17(2)14(18)10-20-15(19)8-7-11-9-16-13-6-4-3-5-12(11)13/h3-6,9,16H,7-8,10H2,1-2H3. The number of hydrogen-bond donors (Lipinski definition) is 1. The van der Waals surface area contributed by atoms with Crippen LogP contribution in [0.15, 0.2) is 30.5 Å². The molecule has 0 bridgehead atoms. The fourth-order valence-corrected chi connectivity index (χ4v) is 1.92. The molecule has 5 heteroatoms. The van der Waals surface area contributed by atoms with Crippen molar-refractivity contribution >= 4 is 22.8 Å². The van der Waals surface area contributed by atoms with E-state index >= 15 is 0 Å². The van der Waals surface area contributed by atoms with Crippen LogP contribution in [0, 0.1) is 0 Å². The number of esters is 1. The molecule has 0 unspecified atom stereocenters. The zero-order chi connectivity index (χ0) is 14.5. The molecule has 0 fully saturated rings. The average molecular weight is 274 g/mol. The number of hydrogen-bond acceptors (Lipinski definition) is 3. The number of nitrogens with zero attached hydrogens (tertiary/aromatic N) is 1. The molecule has 1 amide bonds. The van der Waals surface area contributed by atoms with E-state index in [1.165, 1.54) is 4.90 Å². The fourth-order valence-electron chi connectivity index (χ4n) is 1.92. The molecule has 0 saturated carbocycles. The lowest BCUT2D eigenvalue weighted by molar-refractivity contribution is -0.151. The van der Waals surface area contributed by atoms with Gasteiger partial charge in [0.1, 0.15) is 0 Å². The molecule has 20 heavy (non-hydrogen) atoms. The van der Waals surface area contributed by atoms with Crippen LogP contribution < -0.4 is 0 Å². The van der Waals surface area contributed by atoms with E-state index in [2.05, 4.69) is 4.98 Å². The first-order chi connectivity index (χ1) is 9.58. The van der Waals surface area contributed by atoms with Gasteiger partial charge in [-0.2, -0.15) is 0 Å². The number of benzene rings is 1. The molecule has 0 atom stereocenters. The highest BCUT2D eigenvalue weighted by Crippen LogP contribution is 2.18. The molecule has 0 spiro atoms. The summed E-state index contributed by atoms with van der Waals surface area (Å²) in [5.74, 6) is -0.573. The Kier molecular flexibility index (Phi) is 4.40. The molecular weight excluding hydrogens is 256 g/mol. The van der Waals surface area contributed by atoms with E-state index in [1.807, 2.05) is 30.5 Å². The van der Waals surface area contributed by atoms with Crippen molar-refractivity contribution in [1.82, 2.24) is 9.88 Å². The Labute approximate surface area is 117 Å². The Morgan fingerprint density at radius 2 is 2.00 bits per heavy atom. The molecule has 0 radical (unpaired) electrons. The lowest BCUT2D eigenvalue weighted by Crippen LogP contribution is -2.27. The highest BCUT2D eigenvalue weighted by atomic mass is 16.5. The number of ether oxygens (including phenoxy) is 1. The summed E-state index contributed by atoms with van der Waals surface area (Å²) >= 11 is 0. The molecule has 1 heterocycles. The van der Waals surface area contributed by atoms with Crippen LogP contribution in [0.2, 0.25) is 0 Å². The first-order valence-electron chi connectivity index (χ1n) is 6.48. The number of aromatic nitrogens is 1. The summed E-state index contributed by atoms with van der Waals surface area (Å²) in [5.41, 5.74) is 2.13. The zero-order valence-electron chi connectivity index (χ0n) is 11.7. The van der Waals surface area contributed by atoms with E-state index in [0.717, 1.165) is 16.5 Å². The Balaban J connectivity index is 1.86. The van der Waals surface area contributed by atoms with Crippen molar-refractivity contribution in [3.05, 3.63) is 36.0 Å². The van der Waals surface area contributed by atoms with E-state index < -0.39 is 0 Å². The topological polar surface area (TPSA) is 62.4 Å². The highest BCUT2D eigenvalue weighted by Gasteiger charge is 2.10. The number of nitrogens with one attached hydrogen (secondary N) is 1. The van der Waals surface area contributed by atoms with Crippen molar-refractivity contribution in [2.45, 2.75) is 12.8 Å². The van der Waals surface area contributed by atoms with Crippen LogP contribution in [0.4, 0.5) is 0 Å². The number of amides is 1. The van der Waals surface area contributed by atoms with Gasteiger partial charge in [-0.1, -0.05) is 18.2 Å². The molecule has 2 rings (SSSR count). The number of carbonyl (C=O) groups is 2. The monoisotopic (exact) mass is 274 g/mol. The molecule has 106 valence electrons. The van der Waals surface area contributed by atoms with Gasteiger partial charge in [0.15, 0.2) is 6.61 Å². The summed E-state index contributed by atoms with van der Waals surface area (Å²) in [6, 6.07) is 7.94. The van der Waals surface area contributed by atoms with Gasteiger partial charge in [-0.3, -0.25) is 9.59 Å². The van der Waals surface area contributed by atoms with Gasteiger partial charge in [-0.15, -0.1) is 0 Å². The van der Waals surface area contributed by atoms with Crippen LogP contribution in [-0.4, -0.2) is 42.5 Å². The van der Waals surface area contributed by atoms with E-state index in [0.29, 0.717) is 6.42 Å². The predicted molar refractivity (Wildman–Crippen MR) is 76.3 cm³/mol. The number of H-pyrrole nitrogens is 1. The fraction of sp³-hybridized carbons (Fsp3) is 0.333. The lowest BCUT2D eigenvalue weighted by atomic mass is 10.1. The molecule has 0 aliphatic heterocycles. The SMILES string of the molecule is CN(C)C(=O)COC(=O)CCc1c[nH]c2ccccc12. The van der Waals surface area contributed by atoms with Gasteiger partial charge < -0.3 is 14.6 Å². The average Bonchev–Trinajstić information content (AvgIpc) is 2.85. The highest BCUT2D eigenvalue weighted by molar-refractivity contribution is 5.84. The minimum Gasteiger partial charge on any atom is -0.456 e. The van der Waals surface area contributed by atoms with E-state index in [9.17, 15) is 9.59 Å². The molecule has 1 aromatic carbocycles. The third kappa shape index (κ3) is 3.38. The second kappa shape index (κ2) is 6.23. The quantitative estimate of drug-likeness (QED) is 0.845. The Morgan fingerprint density at radius 3 is 2.75 bits per heavy atom. The summed E-state index contributed by atoms with van der Waals surface area (Å²) in [5, 5.41) is 1.12. The van der Waals surface area contributed by atoms with E-state index in [1.54, 1.807) is 14.1 Å². The second-order valence-electron chi connectivity index (χ2n) is 4.81. The van der Waals surface area contributed by atoms with Crippen LogP contribution in [0.5, 0.6) is 0 Å². The van der Waals surface area contributed by atoms with E-state index in [-0.39, 0.29) is 24.9 Å². The summed E-state index contributed by atoms with van der Waals surface area (Å²) in [6.45, 7) is -0.195. The predicted octanol–water partition coefficient (Wildman–Crippen LogP) is 1.73. The van der Waals surface area contributed by atoms with Crippen LogP contribution in [0.1, 0.15) is 12.0 Å². The first-order valence-corrected chi connectivity index (χ1v) is 6.48. The van der Waals surface area contributed by atoms with Crippen molar-refractivity contribution in [2.75, 3.05) is 20.7 Å². The summed E-state index contributed by atoms with van der Waals surface area (Å²) in [4.78, 5) is 27.5. The van der Waals surface area contributed by atoms with Crippen LogP contribution >= 0.6 is 0 Å². The lowest BCUT2D eigenvalue weighted by Gasteiger charge is -2.10. The molecule has 5 nitrogen and oxygen atoms in total. The molecule has 1 N–H and O–H groups in total. The Morgan fingerprint density at radius 1 is 1.25 bits per heavy atom. The van der Waals surface area contributed by atoms with Crippen molar-refractivity contribution in [3.8, 4) is 0 Å². The van der Waals surface area contributed by atoms with Gasteiger partial charge in [-0.25, -0.2) is 0 Å². The third-order valence-corrected chi connectivity index (χ3v) is 3.13. The number of rotatable bonds is 5. The molecule has 0 aliphatic rings. The molecule has 0 aliphatic carbocycles. The number of carbonyl (C=O) groups excluding carboxylic acids is 2. The van der Waals surface area contributed by atoms with Gasteiger partial charge in [0.2, 0.25) is 0 Å². The molecule has 0 saturated heterocycles. The van der Waals surface area contributed by atoms with Crippen molar-refractivity contribution < 1.29 is 14.3 Å². The maximum absolute atomic E-state index is 11.6. The smallest absolute Gasteiger partial charge is 0.306 e. The molecule has 1 aromatic heterocycles. The second-order valence-corrected chi connectivity index (χ2v) is 4.81. The summed E-state index contributed by atoms with van der Waals surface area (Å²) in [7, 11) is 3.25. The normalized spacial score (nSPS) is 10.5. The Hall–Kier alpha value is -2.30. The maximum Gasteiger partial charge on any atom is 0.306 e. The number of para-hydroxylation sites is 1. The van der Waals surface area contributed by atoms with Gasteiger partial charge in [0.05, 0.1) is 0 Å². The summed E-state index contributed by atoms with van der Waals surface area (Å²) < 4.78 is 4.94. The van der Waals surface area contributed by atoms with E-state index in [4.69, 9.17) is 4.74 Å². The van der Waals surface area contributed by atoms with Crippen LogP contribution in [0.3, 0.4) is 0 Å². The Bertz CT molecular complexity index is 616. The van der Waals surface area contributed by atoms with Gasteiger partial charge >= 0.3 is 5.97 Å². The number of likely N-dealkylation sites (N-methyl/N-ethyl adjacent to an activating group) is 1. The van der Waals surface area contributed by atoms with Crippen molar-refractivity contribution in [1.29, 1.82) is 0 Å². The van der Waals surface area contributed by atoms with Gasteiger partial charge in [0, 0.05) is 37.6 Å². The minimum atomic E-state index is -0.356. The molecule has 2 aromatic rings. The maximum atomic E-state index is 11.6. The summed E-state index contributed by atoms with van der Waals surface area (Å²) in [6.07, 6.45) is 2.77. The number of fused-ring (bicyclic) bond motifs is 1. The van der Waals surface area contributed by atoms with Crippen LogP contribution in [-0.2, 0) is 20.7 Å². The minimum absolute atomic E-state index is 0.195. The third-order valence-electron chi connectivity index (χ3n) is 3.13. The zero-order valence-corrected chi connectivity index (χ0v) is 11.7. The van der Waals surface area contributed by atoms with Gasteiger partial charge in [-0.05, 0) is 18.1 Å². The van der Waals surface area contributed by atoms with Crippen LogP contribution in [0.25, 0.3) is 10.9 Å². The van der Waals surface area contributed by atoms with Crippen molar-refractivity contribution in [3.63, 3.8) is 0 Å². The van der Waals surface area contributed by atoms with Crippen molar-refractivity contribution in [2.24, 2.45) is 0 Å². The molecular formula is C15H18N2O3. The first kappa shape index (κ1) is 14.1. The van der Waals surface area contributed by atoms with Gasteiger partial charge in [0.25, 0.3) is 5.91 Å². The number of aromatic amines is 1. The number of aryl methyl sites for hydroxylation is 1. The largest absolute Gasteiger partial charge is 0.456 e.